The van der Waals surface area contributed by atoms with E-state index in [0.717, 1.165) is 31.4 Å². The third-order valence-corrected chi connectivity index (χ3v) is 2.74. The lowest BCUT2D eigenvalue weighted by molar-refractivity contribution is 0.200. The molecule has 14 heavy (non-hydrogen) atoms. The Bertz CT molecular complexity index is 228. The van der Waals surface area contributed by atoms with E-state index in [4.69, 9.17) is 4.74 Å². The van der Waals surface area contributed by atoms with Crippen molar-refractivity contribution < 1.29 is 4.74 Å². The van der Waals surface area contributed by atoms with Crippen molar-refractivity contribution in [3.05, 3.63) is 11.6 Å². The topological polar surface area (TPSA) is 37.4 Å². The van der Waals surface area contributed by atoms with E-state index in [0.29, 0.717) is 0 Å². The molecule has 4 nitrogen and oxygen atoms in total. The number of hydrogen-bond donors (Lipinski definition) is 1. The molecule has 0 saturated heterocycles. The summed E-state index contributed by atoms with van der Waals surface area (Å²) in [6, 6.07) is 0. The zero-order chi connectivity index (χ0) is 10.2. The van der Waals surface area contributed by atoms with Crippen molar-refractivity contribution in [2.24, 2.45) is 0 Å². The maximum absolute atomic E-state index is 4.93. The van der Waals surface area contributed by atoms with Crippen LogP contribution in [0, 0.1) is 0 Å². The third-order valence-electron chi connectivity index (χ3n) is 1.85. The van der Waals surface area contributed by atoms with Crippen LogP contribution in [0.4, 0.5) is 5.13 Å². The molecule has 0 spiro atoms. The lowest BCUT2D eigenvalue weighted by Gasteiger charge is -2.15. The molecule has 0 aromatic carbocycles. The average Bonchev–Trinajstić information content (AvgIpc) is 2.70. The summed E-state index contributed by atoms with van der Waals surface area (Å²) in [7, 11) is 3.76. The number of nitrogens with one attached hydrogen (secondary N) is 1. The van der Waals surface area contributed by atoms with Gasteiger partial charge in [0.25, 0.3) is 0 Å². The van der Waals surface area contributed by atoms with E-state index in [9.17, 15) is 0 Å². The number of thiazole rings is 1. The second kappa shape index (κ2) is 6.75. The maximum atomic E-state index is 4.93. The molecule has 0 saturated carbocycles. The van der Waals surface area contributed by atoms with Crippen LogP contribution in [0.5, 0.6) is 0 Å². The van der Waals surface area contributed by atoms with Crippen LogP contribution in [0.15, 0.2) is 11.6 Å². The molecule has 0 fully saturated rings. The zero-order valence-corrected chi connectivity index (χ0v) is 9.51. The van der Waals surface area contributed by atoms with Crippen molar-refractivity contribution in [3.63, 3.8) is 0 Å². The molecule has 0 radical (unpaired) electrons. The number of anilines is 1. The smallest absolute Gasteiger partial charge is 0.185 e. The summed E-state index contributed by atoms with van der Waals surface area (Å²) in [5, 5.41) is 6.35. The van der Waals surface area contributed by atoms with Gasteiger partial charge in [-0.2, -0.15) is 0 Å². The van der Waals surface area contributed by atoms with Gasteiger partial charge in [0, 0.05) is 45.4 Å². The first-order valence-corrected chi connectivity index (χ1v) is 5.53. The van der Waals surface area contributed by atoms with Crippen molar-refractivity contribution in [2.45, 2.75) is 0 Å². The van der Waals surface area contributed by atoms with Gasteiger partial charge in [-0.25, -0.2) is 4.98 Å². The van der Waals surface area contributed by atoms with E-state index >= 15 is 0 Å². The number of nitrogens with zero attached hydrogens (tertiary/aromatic N) is 2. The normalized spacial score (nSPS) is 10.4. The largest absolute Gasteiger partial charge is 0.383 e. The highest BCUT2D eigenvalue weighted by atomic mass is 32.1. The number of methoxy groups -OCH3 is 1. The SMILES string of the molecule is COCCNCCN(C)c1nccs1. The molecular weight excluding hydrogens is 198 g/mol. The van der Waals surface area contributed by atoms with Crippen molar-refractivity contribution >= 4 is 16.5 Å². The minimum Gasteiger partial charge on any atom is -0.383 e. The van der Waals surface area contributed by atoms with Gasteiger partial charge in [0.15, 0.2) is 5.13 Å². The Morgan fingerprint density at radius 1 is 1.57 bits per heavy atom. The van der Waals surface area contributed by atoms with Gasteiger partial charge in [-0.05, 0) is 0 Å². The molecule has 0 unspecified atom stereocenters. The number of rotatable bonds is 7. The Balaban J connectivity index is 2.07. The fraction of sp³-hybridized carbons (Fsp3) is 0.667. The first kappa shape index (κ1) is 11.4. The second-order valence-electron chi connectivity index (χ2n) is 2.98. The summed E-state index contributed by atoms with van der Waals surface area (Å²) >= 11 is 1.66. The standard InChI is InChI=1S/C9H17N3OS/c1-12(9-11-5-8-14-9)6-3-10-4-7-13-2/h5,8,10H,3-4,6-7H2,1-2H3. The van der Waals surface area contributed by atoms with Gasteiger partial charge in [0.05, 0.1) is 6.61 Å². The van der Waals surface area contributed by atoms with Gasteiger partial charge in [-0.1, -0.05) is 0 Å². The Hall–Kier alpha value is -0.650. The fourth-order valence-electron chi connectivity index (χ4n) is 1.05. The van der Waals surface area contributed by atoms with E-state index in [1.165, 1.54) is 0 Å². The molecule has 1 aromatic heterocycles. The minimum absolute atomic E-state index is 0.765. The van der Waals surface area contributed by atoms with Crippen molar-refractivity contribution in [1.82, 2.24) is 10.3 Å². The zero-order valence-electron chi connectivity index (χ0n) is 8.69. The molecule has 1 rings (SSSR count). The lowest BCUT2D eigenvalue weighted by atomic mass is 10.5. The van der Waals surface area contributed by atoms with E-state index in [-0.39, 0.29) is 0 Å². The molecule has 1 heterocycles. The first-order valence-electron chi connectivity index (χ1n) is 4.65. The van der Waals surface area contributed by atoms with Crippen LogP contribution in [0.3, 0.4) is 0 Å². The summed E-state index contributed by atoms with van der Waals surface area (Å²) in [4.78, 5) is 6.37. The summed E-state index contributed by atoms with van der Waals surface area (Å²) in [6.45, 7) is 3.60. The van der Waals surface area contributed by atoms with Gasteiger partial charge in [0.1, 0.15) is 0 Å². The Morgan fingerprint density at radius 3 is 3.07 bits per heavy atom. The summed E-state index contributed by atoms with van der Waals surface area (Å²) in [6.07, 6.45) is 1.83. The van der Waals surface area contributed by atoms with Crippen molar-refractivity contribution in [3.8, 4) is 0 Å². The molecule has 80 valence electrons. The second-order valence-corrected chi connectivity index (χ2v) is 3.85. The van der Waals surface area contributed by atoms with Crippen LogP contribution in [0.25, 0.3) is 0 Å². The molecule has 1 aromatic rings. The summed E-state index contributed by atoms with van der Waals surface area (Å²) in [5.41, 5.74) is 0. The maximum Gasteiger partial charge on any atom is 0.185 e. The van der Waals surface area contributed by atoms with Gasteiger partial charge >= 0.3 is 0 Å². The van der Waals surface area contributed by atoms with Crippen LogP contribution in [0.1, 0.15) is 0 Å². The van der Waals surface area contributed by atoms with Crippen LogP contribution in [0.2, 0.25) is 0 Å². The van der Waals surface area contributed by atoms with E-state index in [1.54, 1.807) is 18.4 Å². The van der Waals surface area contributed by atoms with Crippen LogP contribution in [-0.2, 0) is 4.74 Å². The summed E-state index contributed by atoms with van der Waals surface area (Å²) in [5.74, 6) is 0. The van der Waals surface area contributed by atoms with Gasteiger partial charge in [-0.3, -0.25) is 0 Å². The molecule has 1 N–H and O–H groups in total. The first-order chi connectivity index (χ1) is 6.84. The van der Waals surface area contributed by atoms with E-state index in [1.807, 2.05) is 11.6 Å². The van der Waals surface area contributed by atoms with Crippen molar-refractivity contribution in [2.75, 3.05) is 45.3 Å². The Labute approximate surface area is 88.9 Å². The fourth-order valence-corrected chi connectivity index (χ4v) is 1.68. The van der Waals surface area contributed by atoms with Crippen molar-refractivity contribution in [1.29, 1.82) is 0 Å². The number of ether oxygens (including phenoxy) is 1. The quantitative estimate of drug-likeness (QED) is 0.683. The van der Waals surface area contributed by atoms with Crippen LogP contribution < -0.4 is 10.2 Å². The number of likely N-dealkylation sites (N-methyl/N-ethyl adjacent to an activating group) is 1. The predicted octanol–water partition coefficient (Wildman–Crippen LogP) is 0.815. The minimum atomic E-state index is 0.765. The molecule has 0 aliphatic rings. The highest BCUT2D eigenvalue weighted by molar-refractivity contribution is 7.13. The molecular formula is C9H17N3OS. The molecule has 0 bridgehead atoms. The highest BCUT2D eigenvalue weighted by Crippen LogP contribution is 2.14. The average molecular weight is 215 g/mol. The van der Waals surface area contributed by atoms with Gasteiger partial charge < -0.3 is 15.0 Å². The number of aromatic nitrogens is 1. The Kier molecular flexibility index (Phi) is 5.51. The molecule has 0 aliphatic heterocycles. The van der Waals surface area contributed by atoms with E-state index in [2.05, 4.69) is 22.2 Å². The molecule has 0 amide bonds. The highest BCUT2D eigenvalue weighted by Gasteiger charge is 2.01. The van der Waals surface area contributed by atoms with Gasteiger partial charge in [0.2, 0.25) is 0 Å². The van der Waals surface area contributed by atoms with Gasteiger partial charge in [-0.15, -0.1) is 11.3 Å². The van der Waals surface area contributed by atoms with Crippen LogP contribution >= 0.6 is 11.3 Å². The lowest BCUT2D eigenvalue weighted by Crippen LogP contribution is -2.30. The van der Waals surface area contributed by atoms with E-state index < -0.39 is 0 Å². The molecule has 5 heteroatoms. The molecule has 0 aliphatic carbocycles. The monoisotopic (exact) mass is 215 g/mol. The van der Waals surface area contributed by atoms with Crippen LogP contribution in [-0.4, -0.2) is 45.4 Å². The Morgan fingerprint density at radius 2 is 2.43 bits per heavy atom. The summed E-state index contributed by atoms with van der Waals surface area (Å²) < 4.78 is 4.93. The molecule has 0 atom stereocenters. The third kappa shape index (κ3) is 4.04. The predicted molar refractivity (Wildman–Crippen MR) is 60.1 cm³/mol. The number of hydrogen-bond acceptors (Lipinski definition) is 5.